The largest absolute Gasteiger partial charge is 0.324 e. The van der Waals surface area contributed by atoms with Gasteiger partial charge in [-0.05, 0) is 42.9 Å². The number of aryl methyl sites for hydroxylation is 1. The Morgan fingerprint density at radius 2 is 2.08 bits per heavy atom. The number of thiophene rings is 1. The summed E-state index contributed by atoms with van der Waals surface area (Å²) in [5, 5.41) is 3.95. The van der Waals surface area contributed by atoms with Crippen LogP contribution < -0.4 is 10.9 Å². The number of amides is 1. The number of halogens is 2. The SMILES string of the molecule is CCc1cc2c(=O)n(CC(=O)Nc3ccc(Cl)c(Cl)c3)c(=S)[nH]c2s1. The van der Waals surface area contributed by atoms with Crippen LogP contribution in [0.3, 0.4) is 0 Å². The summed E-state index contributed by atoms with van der Waals surface area (Å²) in [5.41, 5.74) is 0.214. The fourth-order valence-electron chi connectivity index (χ4n) is 2.33. The molecule has 0 saturated heterocycles. The van der Waals surface area contributed by atoms with Gasteiger partial charge in [0.25, 0.3) is 5.56 Å². The third-order valence-corrected chi connectivity index (χ3v) is 5.83. The standard InChI is InChI=1S/C16H13Cl2N3O2S2/c1-2-9-6-10-14(25-9)20-16(24)21(15(10)23)7-13(22)19-8-3-4-11(17)12(18)5-8/h3-6H,2,7H2,1H3,(H,19,22)(H,20,24). The van der Waals surface area contributed by atoms with E-state index in [1.165, 1.54) is 15.9 Å². The van der Waals surface area contributed by atoms with Crippen LogP contribution in [0.25, 0.3) is 10.2 Å². The lowest BCUT2D eigenvalue weighted by Gasteiger charge is -2.08. The van der Waals surface area contributed by atoms with E-state index < -0.39 is 0 Å². The molecule has 9 heteroatoms. The zero-order chi connectivity index (χ0) is 18.1. The molecule has 1 aromatic carbocycles. The molecular formula is C16H13Cl2N3O2S2. The summed E-state index contributed by atoms with van der Waals surface area (Å²) in [5.74, 6) is -0.384. The minimum atomic E-state index is -0.384. The van der Waals surface area contributed by atoms with Crippen molar-refractivity contribution in [2.75, 3.05) is 5.32 Å². The summed E-state index contributed by atoms with van der Waals surface area (Å²) in [4.78, 5) is 29.7. The highest BCUT2D eigenvalue weighted by Crippen LogP contribution is 2.25. The molecular weight excluding hydrogens is 401 g/mol. The lowest BCUT2D eigenvalue weighted by Crippen LogP contribution is -2.28. The highest BCUT2D eigenvalue weighted by Gasteiger charge is 2.12. The van der Waals surface area contributed by atoms with Crippen molar-refractivity contribution in [2.45, 2.75) is 19.9 Å². The summed E-state index contributed by atoms with van der Waals surface area (Å²) in [6.07, 6.45) is 0.831. The van der Waals surface area contributed by atoms with E-state index in [1.54, 1.807) is 18.2 Å². The molecule has 0 atom stereocenters. The third-order valence-electron chi connectivity index (χ3n) is 3.58. The van der Waals surface area contributed by atoms with Crippen molar-refractivity contribution in [3.63, 3.8) is 0 Å². The van der Waals surface area contributed by atoms with E-state index in [1.807, 2.05) is 13.0 Å². The van der Waals surface area contributed by atoms with Crippen molar-refractivity contribution in [3.8, 4) is 0 Å². The van der Waals surface area contributed by atoms with Gasteiger partial charge in [-0.25, -0.2) is 0 Å². The molecule has 25 heavy (non-hydrogen) atoms. The summed E-state index contributed by atoms with van der Waals surface area (Å²) >= 11 is 18.5. The van der Waals surface area contributed by atoms with Crippen LogP contribution in [-0.2, 0) is 17.8 Å². The first-order valence-corrected chi connectivity index (χ1v) is 9.37. The summed E-state index contributed by atoms with van der Waals surface area (Å²) < 4.78 is 1.46. The molecule has 5 nitrogen and oxygen atoms in total. The quantitative estimate of drug-likeness (QED) is 0.612. The fraction of sp³-hybridized carbons (Fsp3) is 0.188. The minimum Gasteiger partial charge on any atom is -0.324 e. The number of rotatable bonds is 4. The van der Waals surface area contributed by atoms with Gasteiger partial charge in [0.15, 0.2) is 4.77 Å². The van der Waals surface area contributed by atoms with Crippen molar-refractivity contribution in [1.29, 1.82) is 0 Å². The predicted octanol–water partition coefficient (Wildman–Crippen LogP) is 4.63. The second-order valence-corrected chi connectivity index (χ2v) is 7.65. The Labute approximate surface area is 162 Å². The van der Waals surface area contributed by atoms with Crippen LogP contribution in [-0.4, -0.2) is 15.5 Å². The molecule has 0 aliphatic heterocycles. The monoisotopic (exact) mass is 413 g/mol. The van der Waals surface area contributed by atoms with E-state index in [0.717, 1.165) is 16.1 Å². The lowest BCUT2D eigenvalue weighted by atomic mass is 10.3. The van der Waals surface area contributed by atoms with E-state index in [0.29, 0.717) is 21.1 Å². The maximum Gasteiger partial charge on any atom is 0.263 e. The zero-order valence-corrected chi connectivity index (χ0v) is 16.2. The Morgan fingerprint density at radius 1 is 1.32 bits per heavy atom. The lowest BCUT2D eigenvalue weighted by molar-refractivity contribution is -0.116. The second kappa shape index (κ2) is 7.29. The number of aromatic nitrogens is 2. The molecule has 0 aliphatic rings. The highest BCUT2D eigenvalue weighted by molar-refractivity contribution is 7.71. The van der Waals surface area contributed by atoms with Crippen LogP contribution in [0, 0.1) is 4.77 Å². The van der Waals surface area contributed by atoms with E-state index in [9.17, 15) is 9.59 Å². The highest BCUT2D eigenvalue weighted by atomic mass is 35.5. The van der Waals surface area contributed by atoms with Gasteiger partial charge in [-0.2, -0.15) is 0 Å². The molecule has 2 N–H and O–H groups in total. The summed E-state index contributed by atoms with van der Waals surface area (Å²) in [6, 6.07) is 6.59. The van der Waals surface area contributed by atoms with Gasteiger partial charge in [0.2, 0.25) is 5.91 Å². The van der Waals surface area contributed by atoms with Gasteiger partial charge in [0.1, 0.15) is 11.4 Å². The number of anilines is 1. The number of carbonyl (C=O) groups excluding carboxylic acids is 1. The molecule has 0 aliphatic carbocycles. The molecule has 3 rings (SSSR count). The van der Waals surface area contributed by atoms with Crippen molar-refractivity contribution < 1.29 is 4.79 Å². The maximum absolute atomic E-state index is 12.6. The van der Waals surface area contributed by atoms with Crippen LogP contribution in [0.15, 0.2) is 29.1 Å². The van der Waals surface area contributed by atoms with E-state index in [4.69, 9.17) is 35.4 Å². The van der Waals surface area contributed by atoms with E-state index >= 15 is 0 Å². The molecule has 0 radical (unpaired) electrons. The topological polar surface area (TPSA) is 66.9 Å². The molecule has 0 bridgehead atoms. The molecule has 2 heterocycles. The van der Waals surface area contributed by atoms with Gasteiger partial charge >= 0.3 is 0 Å². The number of H-pyrrole nitrogens is 1. The first-order valence-electron chi connectivity index (χ1n) is 7.39. The van der Waals surface area contributed by atoms with Gasteiger partial charge in [-0.3, -0.25) is 14.2 Å². The van der Waals surface area contributed by atoms with Crippen molar-refractivity contribution >= 4 is 68.6 Å². The van der Waals surface area contributed by atoms with Gasteiger partial charge in [-0.1, -0.05) is 30.1 Å². The number of hydrogen-bond donors (Lipinski definition) is 2. The van der Waals surface area contributed by atoms with Crippen LogP contribution in [0.5, 0.6) is 0 Å². The van der Waals surface area contributed by atoms with E-state index in [2.05, 4.69) is 10.3 Å². The van der Waals surface area contributed by atoms with Crippen molar-refractivity contribution in [2.24, 2.45) is 0 Å². The van der Waals surface area contributed by atoms with E-state index in [-0.39, 0.29) is 22.8 Å². The van der Waals surface area contributed by atoms with Crippen molar-refractivity contribution in [3.05, 3.63) is 54.3 Å². The average molecular weight is 414 g/mol. The molecule has 0 spiro atoms. The number of hydrogen-bond acceptors (Lipinski definition) is 4. The molecule has 0 fully saturated rings. The van der Waals surface area contributed by atoms with Crippen LogP contribution in [0.4, 0.5) is 5.69 Å². The van der Waals surface area contributed by atoms with Gasteiger partial charge < -0.3 is 10.3 Å². The normalized spacial score (nSPS) is 11.0. The number of nitrogens with one attached hydrogen (secondary N) is 2. The number of carbonyl (C=O) groups is 1. The van der Waals surface area contributed by atoms with Crippen LogP contribution in [0.2, 0.25) is 10.0 Å². The Morgan fingerprint density at radius 3 is 2.76 bits per heavy atom. The maximum atomic E-state index is 12.6. The smallest absolute Gasteiger partial charge is 0.263 e. The fourth-order valence-corrected chi connectivity index (χ4v) is 3.93. The number of nitrogens with zero attached hydrogens (tertiary/aromatic N) is 1. The Balaban J connectivity index is 1.89. The number of benzene rings is 1. The minimum absolute atomic E-state index is 0.193. The average Bonchev–Trinajstić information content (AvgIpc) is 2.98. The number of fused-ring (bicyclic) bond motifs is 1. The Hall–Kier alpha value is -1.67. The Kier molecular flexibility index (Phi) is 5.29. The first kappa shape index (κ1) is 18.1. The molecule has 2 aromatic heterocycles. The number of aromatic amines is 1. The van der Waals surface area contributed by atoms with Gasteiger partial charge in [0, 0.05) is 10.6 Å². The second-order valence-electron chi connectivity index (χ2n) is 5.31. The molecule has 0 saturated carbocycles. The molecule has 3 aromatic rings. The molecule has 1 amide bonds. The molecule has 0 unspecified atom stereocenters. The van der Waals surface area contributed by atoms with Gasteiger partial charge in [-0.15, -0.1) is 11.3 Å². The van der Waals surface area contributed by atoms with Gasteiger partial charge in [0.05, 0.1) is 15.4 Å². The molecule has 130 valence electrons. The Bertz CT molecular complexity index is 1090. The summed E-state index contributed by atoms with van der Waals surface area (Å²) in [7, 11) is 0. The summed E-state index contributed by atoms with van der Waals surface area (Å²) in [6.45, 7) is 1.82. The predicted molar refractivity (Wildman–Crippen MR) is 106 cm³/mol. The zero-order valence-electron chi connectivity index (χ0n) is 13.1. The van der Waals surface area contributed by atoms with Crippen LogP contribution >= 0.6 is 46.8 Å². The van der Waals surface area contributed by atoms with Crippen molar-refractivity contribution in [1.82, 2.24) is 9.55 Å². The van der Waals surface area contributed by atoms with Crippen LogP contribution in [0.1, 0.15) is 11.8 Å². The third kappa shape index (κ3) is 3.79. The first-order chi connectivity index (χ1) is 11.9.